The van der Waals surface area contributed by atoms with Crippen LogP contribution in [0.5, 0.6) is 0 Å². The van der Waals surface area contributed by atoms with Gasteiger partial charge in [0.1, 0.15) is 0 Å². The van der Waals surface area contributed by atoms with Crippen LogP contribution in [0.15, 0.2) is 48.5 Å². The van der Waals surface area contributed by atoms with Crippen LogP contribution in [0.3, 0.4) is 0 Å². The lowest BCUT2D eigenvalue weighted by Gasteiger charge is -2.16. The van der Waals surface area contributed by atoms with Crippen molar-refractivity contribution in [3.63, 3.8) is 0 Å². The van der Waals surface area contributed by atoms with Crippen molar-refractivity contribution in [1.82, 2.24) is 0 Å². The quantitative estimate of drug-likeness (QED) is 0.907. The van der Waals surface area contributed by atoms with Crippen LogP contribution in [0.25, 0.3) is 0 Å². The Morgan fingerprint density at radius 3 is 2.67 bits per heavy atom. The molecule has 1 fully saturated rings. The predicted molar refractivity (Wildman–Crippen MR) is 94.0 cm³/mol. The second-order valence-corrected chi connectivity index (χ2v) is 7.19. The Bertz CT molecular complexity index is 827. The highest BCUT2D eigenvalue weighted by Crippen LogP contribution is 2.48. The normalized spacial score (nSPS) is 23.3. The molecule has 0 spiro atoms. The van der Waals surface area contributed by atoms with Crippen LogP contribution >= 0.6 is 0 Å². The molecule has 0 bridgehead atoms. The summed E-state index contributed by atoms with van der Waals surface area (Å²) in [5, 5.41) is 5.89. The number of hydrogen-bond donors (Lipinski definition) is 2. The second kappa shape index (κ2) is 5.20. The van der Waals surface area contributed by atoms with Crippen molar-refractivity contribution in [2.75, 3.05) is 10.6 Å². The molecule has 2 amide bonds. The molecule has 0 aromatic heterocycles. The van der Waals surface area contributed by atoms with Gasteiger partial charge in [0.05, 0.1) is 5.41 Å². The number of benzene rings is 2. The van der Waals surface area contributed by atoms with E-state index in [1.165, 1.54) is 5.56 Å². The third-order valence-corrected chi connectivity index (χ3v) is 5.13. The maximum atomic E-state index is 12.5. The average Bonchev–Trinajstić information content (AvgIpc) is 3.33. The Morgan fingerprint density at radius 2 is 1.92 bits per heavy atom. The van der Waals surface area contributed by atoms with E-state index in [4.69, 9.17) is 0 Å². The maximum Gasteiger partial charge on any atom is 0.234 e. The van der Waals surface area contributed by atoms with Crippen LogP contribution in [0.2, 0.25) is 0 Å². The third kappa shape index (κ3) is 2.39. The molecule has 1 saturated carbocycles. The standard InChI is InChI=1S/C20H20N2O2/c1-20(2)16-10-13(8-9-17(16)22-19(20)24)21-18(23)15-11-14(15)12-6-4-3-5-7-12/h3-10,14-15H,11H2,1-2H3,(H,21,23)(H,22,24). The zero-order valence-electron chi connectivity index (χ0n) is 13.8. The summed E-state index contributed by atoms with van der Waals surface area (Å²) in [4.78, 5) is 24.5. The molecule has 0 saturated heterocycles. The SMILES string of the molecule is CC1(C)C(=O)Nc2ccc(NC(=O)C3CC3c3ccccc3)cc21. The van der Waals surface area contributed by atoms with Crippen molar-refractivity contribution in [1.29, 1.82) is 0 Å². The number of hydrogen-bond acceptors (Lipinski definition) is 2. The van der Waals surface area contributed by atoms with E-state index in [0.717, 1.165) is 23.4 Å². The first-order chi connectivity index (χ1) is 11.5. The Morgan fingerprint density at radius 1 is 1.17 bits per heavy atom. The minimum absolute atomic E-state index is 0.00712. The van der Waals surface area contributed by atoms with E-state index in [0.29, 0.717) is 5.92 Å². The molecule has 4 rings (SSSR count). The van der Waals surface area contributed by atoms with E-state index < -0.39 is 5.41 Å². The number of rotatable bonds is 3. The van der Waals surface area contributed by atoms with Crippen molar-refractivity contribution in [3.8, 4) is 0 Å². The van der Waals surface area contributed by atoms with E-state index in [1.54, 1.807) is 0 Å². The summed E-state index contributed by atoms with van der Waals surface area (Å²) in [5.74, 6) is 0.403. The van der Waals surface area contributed by atoms with Gasteiger partial charge in [0.2, 0.25) is 11.8 Å². The summed E-state index contributed by atoms with van der Waals surface area (Å²) in [6.07, 6.45) is 0.895. The number of anilines is 2. The summed E-state index contributed by atoms with van der Waals surface area (Å²) in [5.41, 5.74) is 3.17. The van der Waals surface area contributed by atoms with Gasteiger partial charge >= 0.3 is 0 Å². The van der Waals surface area contributed by atoms with Crippen molar-refractivity contribution in [3.05, 3.63) is 59.7 Å². The van der Waals surface area contributed by atoms with Crippen molar-refractivity contribution in [2.24, 2.45) is 5.92 Å². The lowest BCUT2D eigenvalue weighted by molar-refractivity contribution is -0.119. The summed E-state index contributed by atoms with van der Waals surface area (Å²) in [6.45, 7) is 3.79. The molecule has 24 heavy (non-hydrogen) atoms. The fraction of sp³-hybridized carbons (Fsp3) is 0.300. The lowest BCUT2D eigenvalue weighted by Crippen LogP contribution is -2.27. The minimum atomic E-state index is -0.567. The van der Waals surface area contributed by atoms with E-state index in [1.807, 2.05) is 50.2 Å². The number of carbonyl (C=O) groups is 2. The lowest BCUT2D eigenvalue weighted by atomic mass is 9.86. The van der Waals surface area contributed by atoms with Gasteiger partial charge in [0.25, 0.3) is 0 Å². The molecule has 2 unspecified atom stereocenters. The molecule has 1 heterocycles. The van der Waals surface area contributed by atoms with E-state index in [2.05, 4.69) is 22.8 Å². The Balaban J connectivity index is 1.49. The van der Waals surface area contributed by atoms with Gasteiger partial charge < -0.3 is 10.6 Å². The average molecular weight is 320 g/mol. The van der Waals surface area contributed by atoms with Crippen LogP contribution in [-0.2, 0) is 15.0 Å². The van der Waals surface area contributed by atoms with Crippen molar-refractivity contribution >= 4 is 23.2 Å². The fourth-order valence-electron chi connectivity index (χ4n) is 3.44. The highest BCUT2D eigenvalue weighted by molar-refractivity contribution is 6.06. The summed E-state index contributed by atoms with van der Waals surface area (Å²) in [6, 6.07) is 15.8. The zero-order chi connectivity index (χ0) is 16.9. The van der Waals surface area contributed by atoms with Crippen LogP contribution < -0.4 is 10.6 Å². The van der Waals surface area contributed by atoms with Crippen molar-refractivity contribution in [2.45, 2.75) is 31.6 Å². The molecule has 0 radical (unpaired) electrons. The number of carbonyl (C=O) groups excluding carboxylic acids is 2. The zero-order valence-corrected chi connectivity index (χ0v) is 13.8. The first-order valence-corrected chi connectivity index (χ1v) is 8.28. The Labute approximate surface area is 141 Å². The fourth-order valence-corrected chi connectivity index (χ4v) is 3.44. The molecular formula is C20H20N2O2. The summed E-state index contributed by atoms with van der Waals surface area (Å²) >= 11 is 0. The summed E-state index contributed by atoms with van der Waals surface area (Å²) in [7, 11) is 0. The first kappa shape index (κ1) is 14.9. The monoisotopic (exact) mass is 320 g/mol. The van der Waals surface area contributed by atoms with E-state index in [9.17, 15) is 9.59 Å². The smallest absolute Gasteiger partial charge is 0.234 e. The number of fused-ring (bicyclic) bond motifs is 1. The molecule has 4 heteroatoms. The van der Waals surface area contributed by atoms with Crippen LogP contribution in [0, 0.1) is 5.92 Å². The van der Waals surface area contributed by atoms with Crippen LogP contribution in [0.4, 0.5) is 11.4 Å². The Hall–Kier alpha value is -2.62. The van der Waals surface area contributed by atoms with Crippen LogP contribution in [0.1, 0.15) is 37.3 Å². The van der Waals surface area contributed by atoms with Gasteiger partial charge in [-0.3, -0.25) is 9.59 Å². The van der Waals surface area contributed by atoms with Gasteiger partial charge in [-0.25, -0.2) is 0 Å². The molecule has 2 atom stereocenters. The van der Waals surface area contributed by atoms with Gasteiger partial charge in [-0.2, -0.15) is 0 Å². The second-order valence-electron chi connectivity index (χ2n) is 7.19. The molecule has 1 aliphatic heterocycles. The molecule has 2 aliphatic rings. The predicted octanol–water partition coefficient (Wildman–Crippen LogP) is 3.66. The largest absolute Gasteiger partial charge is 0.326 e. The maximum absolute atomic E-state index is 12.5. The highest BCUT2D eigenvalue weighted by Gasteiger charge is 2.44. The number of amides is 2. The van der Waals surface area contributed by atoms with Crippen LogP contribution in [-0.4, -0.2) is 11.8 Å². The third-order valence-electron chi connectivity index (χ3n) is 5.13. The molecule has 2 aromatic carbocycles. The minimum Gasteiger partial charge on any atom is -0.326 e. The Kier molecular flexibility index (Phi) is 3.23. The highest BCUT2D eigenvalue weighted by atomic mass is 16.2. The molecule has 122 valence electrons. The molecular weight excluding hydrogens is 300 g/mol. The molecule has 1 aliphatic carbocycles. The van der Waals surface area contributed by atoms with Crippen molar-refractivity contribution < 1.29 is 9.59 Å². The molecule has 4 nitrogen and oxygen atoms in total. The summed E-state index contributed by atoms with van der Waals surface area (Å²) < 4.78 is 0. The van der Waals surface area contributed by atoms with Gasteiger partial charge in [0, 0.05) is 17.3 Å². The van der Waals surface area contributed by atoms with Gasteiger partial charge in [-0.05, 0) is 55.5 Å². The van der Waals surface area contributed by atoms with E-state index >= 15 is 0 Å². The van der Waals surface area contributed by atoms with Gasteiger partial charge in [-0.1, -0.05) is 30.3 Å². The topological polar surface area (TPSA) is 58.2 Å². The molecule has 2 N–H and O–H groups in total. The molecule has 2 aromatic rings. The van der Waals surface area contributed by atoms with E-state index in [-0.39, 0.29) is 17.7 Å². The van der Waals surface area contributed by atoms with Gasteiger partial charge in [-0.15, -0.1) is 0 Å². The van der Waals surface area contributed by atoms with Gasteiger partial charge in [0.15, 0.2) is 0 Å². The first-order valence-electron chi connectivity index (χ1n) is 8.28. The number of nitrogens with one attached hydrogen (secondary N) is 2.